The Balaban J connectivity index is 1.49. The third kappa shape index (κ3) is 4.34. The van der Waals surface area contributed by atoms with Crippen molar-refractivity contribution in [2.24, 2.45) is 0 Å². The van der Waals surface area contributed by atoms with Crippen LogP contribution in [0.3, 0.4) is 0 Å². The minimum absolute atomic E-state index is 0.319. The van der Waals surface area contributed by atoms with Gasteiger partial charge < -0.3 is 10.6 Å². The van der Waals surface area contributed by atoms with Gasteiger partial charge in [0.05, 0.1) is 0 Å². The predicted molar refractivity (Wildman–Crippen MR) is 97.5 cm³/mol. The topological polar surface area (TPSA) is 59.2 Å². The summed E-state index contributed by atoms with van der Waals surface area (Å²) in [7, 11) is 0. The second-order valence-corrected chi connectivity index (χ2v) is 6.46. The minimum atomic E-state index is 0.319. The van der Waals surface area contributed by atoms with Crippen LogP contribution in [0, 0.1) is 0 Å². The lowest BCUT2D eigenvalue weighted by molar-refractivity contribution is -0.132. The molecule has 1 aliphatic rings. The van der Waals surface area contributed by atoms with Gasteiger partial charge in [-0.3, -0.25) is 4.79 Å². The molecule has 0 radical (unpaired) electrons. The van der Waals surface area contributed by atoms with E-state index in [-0.39, 0.29) is 0 Å². The van der Waals surface area contributed by atoms with Gasteiger partial charge in [-0.25, -0.2) is 4.98 Å². The highest BCUT2D eigenvalue weighted by Gasteiger charge is 2.15. The van der Waals surface area contributed by atoms with Crippen molar-refractivity contribution in [2.75, 3.05) is 18.8 Å². The number of likely N-dealkylation sites (tertiary alicyclic amines) is 1. The van der Waals surface area contributed by atoms with Gasteiger partial charge in [0.1, 0.15) is 5.82 Å². The second-order valence-electron chi connectivity index (χ2n) is 6.46. The van der Waals surface area contributed by atoms with Gasteiger partial charge in [0.2, 0.25) is 5.91 Å². The van der Waals surface area contributed by atoms with Crippen LogP contribution >= 0.6 is 0 Å². The van der Waals surface area contributed by atoms with Crippen LogP contribution in [-0.4, -0.2) is 28.9 Å². The van der Waals surface area contributed by atoms with E-state index in [0.717, 1.165) is 49.9 Å². The van der Waals surface area contributed by atoms with Gasteiger partial charge in [-0.15, -0.1) is 0 Å². The lowest BCUT2D eigenvalue weighted by Crippen LogP contribution is -2.35. The average Bonchev–Trinajstić information content (AvgIpc) is 2.64. The first kappa shape index (κ1) is 16.5. The fraction of sp³-hybridized carbons (Fsp3) is 0.400. The van der Waals surface area contributed by atoms with E-state index in [0.29, 0.717) is 18.1 Å². The third-order valence-corrected chi connectivity index (χ3v) is 4.64. The number of nitrogens with two attached hydrogens (primary N) is 1. The highest BCUT2D eigenvalue weighted by molar-refractivity contribution is 5.76. The molecule has 1 saturated heterocycles. The number of rotatable bonds is 5. The van der Waals surface area contributed by atoms with Crippen LogP contribution in [0.5, 0.6) is 0 Å². The number of hydrogen-bond acceptors (Lipinski definition) is 3. The van der Waals surface area contributed by atoms with Crippen molar-refractivity contribution in [1.29, 1.82) is 0 Å². The van der Waals surface area contributed by atoms with E-state index in [1.54, 1.807) is 6.20 Å². The molecule has 4 heteroatoms. The van der Waals surface area contributed by atoms with E-state index in [4.69, 9.17) is 5.73 Å². The van der Waals surface area contributed by atoms with Crippen LogP contribution in [0.2, 0.25) is 0 Å². The number of carbonyl (C=O) groups is 1. The zero-order valence-electron chi connectivity index (χ0n) is 14.1. The Morgan fingerprint density at radius 3 is 2.38 bits per heavy atom. The molecule has 0 aliphatic carbocycles. The normalized spacial score (nSPS) is 14.6. The molecule has 0 saturated carbocycles. The molecule has 126 valence electrons. The number of anilines is 1. The van der Waals surface area contributed by atoms with Gasteiger partial charge in [-0.05, 0) is 55.4 Å². The fourth-order valence-electron chi connectivity index (χ4n) is 3.19. The molecule has 1 aliphatic heterocycles. The summed E-state index contributed by atoms with van der Waals surface area (Å²) in [5.41, 5.74) is 9.09. The summed E-state index contributed by atoms with van der Waals surface area (Å²) in [5, 5.41) is 0. The zero-order chi connectivity index (χ0) is 16.8. The Bertz CT molecular complexity index is 658. The number of aromatic nitrogens is 1. The van der Waals surface area contributed by atoms with Crippen molar-refractivity contribution in [3.05, 3.63) is 48.2 Å². The van der Waals surface area contributed by atoms with Crippen molar-refractivity contribution < 1.29 is 4.79 Å². The molecule has 24 heavy (non-hydrogen) atoms. The fourth-order valence-corrected chi connectivity index (χ4v) is 3.19. The number of carbonyl (C=O) groups excluding carboxylic acids is 1. The predicted octanol–water partition coefficient (Wildman–Crippen LogP) is 3.67. The summed E-state index contributed by atoms with van der Waals surface area (Å²) < 4.78 is 0. The largest absolute Gasteiger partial charge is 0.384 e. The van der Waals surface area contributed by atoms with E-state index in [2.05, 4.69) is 29.2 Å². The molecule has 1 fully saturated rings. The van der Waals surface area contributed by atoms with Crippen LogP contribution in [-0.2, 0) is 11.2 Å². The van der Waals surface area contributed by atoms with Crippen molar-refractivity contribution in [3.63, 3.8) is 0 Å². The Morgan fingerprint density at radius 1 is 1.00 bits per heavy atom. The van der Waals surface area contributed by atoms with Gasteiger partial charge >= 0.3 is 0 Å². The molecule has 3 rings (SSSR count). The van der Waals surface area contributed by atoms with Gasteiger partial charge in [0.25, 0.3) is 0 Å². The molecule has 1 amide bonds. The maximum Gasteiger partial charge on any atom is 0.222 e. The van der Waals surface area contributed by atoms with Crippen molar-refractivity contribution in [2.45, 2.75) is 38.5 Å². The summed E-state index contributed by atoms with van der Waals surface area (Å²) in [6, 6.07) is 12.3. The van der Waals surface area contributed by atoms with Crippen LogP contribution < -0.4 is 5.73 Å². The monoisotopic (exact) mass is 323 g/mol. The molecular formula is C20H25N3O. The Hall–Kier alpha value is -2.36. The molecule has 0 bridgehead atoms. The summed E-state index contributed by atoms with van der Waals surface area (Å²) >= 11 is 0. The molecule has 0 unspecified atom stereocenters. The van der Waals surface area contributed by atoms with Crippen molar-refractivity contribution in [1.82, 2.24) is 9.88 Å². The molecule has 1 aromatic carbocycles. The summed E-state index contributed by atoms with van der Waals surface area (Å²) in [4.78, 5) is 18.3. The quantitative estimate of drug-likeness (QED) is 0.913. The van der Waals surface area contributed by atoms with E-state index in [9.17, 15) is 4.79 Å². The van der Waals surface area contributed by atoms with Crippen molar-refractivity contribution in [3.8, 4) is 11.1 Å². The van der Waals surface area contributed by atoms with Crippen LogP contribution in [0.15, 0.2) is 42.6 Å². The first-order chi connectivity index (χ1) is 11.7. The van der Waals surface area contributed by atoms with Crippen LogP contribution in [0.4, 0.5) is 5.82 Å². The number of aryl methyl sites for hydroxylation is 1. The van der Waals surface area contributed by atoms with E-state index in [1.807, 2.05) is 17.0 Å². The number of pyridine rings is 1. The van der Waals surface area contributed by atoms with E-state index in [1.165, 1.54) is 12.0 Å². The first-order valence-electron chi connectivity index (χ1n) is 8.81. The number of nitrogen functional groups attached to an aromatic ring is 1. The molecule has 2 N–H and O–H groups in total. The maximum absolute atomic E-state index is 12.2. The summed E-state index contributed by atoms with van der Waals surface area (Å²) in [6.07, 6.45) is 7.89. The highest BCUT2D eigenvalue weighted by Crippen LogP contribution is 2.20. The van der Waals surface area contributed by atoms with Crippen LogP contribution in [0.1, 0.15) is 37.7 Å². The number of nitrogens with zero attached hydrogens (tertiary/aromatic N) is 2. The molecular weight excluding hydrogens is 298 g/mol. The van der Waals surface area contributed by atoms with E-state index >= 15 is 0 Å². The van der Waals surface area contributed by atoms with E-state index < -0.39 is 0 Å². The van der Waals surface area contributed by atoms with Gasteiger partial charge in [-0.2, -0.15) is 0 Å². The lowest BCUT2D eigenvalue weighted by Gasteiger charge is -2.26. The van der Waals surface area contributed by atoms with Crippen molar-refractivity contribution >= 4 is 11.7 Å². The van der Waals surface area contributed by atoms with Gasteiger partial charge in [-0.1, -0.05) is 24.3 Å². The van der Waals surface area contributed by atoms with Gasteiger partial charge in [0.15, 0.2) is 0 Å². The summed E-state index contributed by atoms with van der Waals surface area (Å²) in [6.45, 7) is 1.90. The standard InChI is InChI=1S/C20H25N3O/c21-19-12-11-18(15-22-19)17-9-7-16(8-10-17)5-4-6-20(24)23-13-2-1-3-14-23/h7-12,15H,1-6,13-14H2,(H2,21,22). The second kappa shape index (κ2) is 7.95. The Kier molecular flexibility index (Phi) is 5.47. The Labute approximate surface area is 143 Å². The zero-order valence-corrected chi connectivity index (χ0v) is 14.1. The average molecular weight is 323 g/mol. The molecule has 2 heterocycles. The highest BCUT2D eigenvalue weighted by atomic mass is 16.2. The molecule has 1 aromatic heterocycles. The minimum Gasteiger partial charge on any atom is -0.384 e. The van der Waals surface area contributed by atoms with Gasteiger partial charge in [0, 0.05) is 31.3 Å². The molecule has 4 nitrogen and oxygen atoms in total. The number of amides is 1. The lowest BCUT2D eigenvalue weighted by atomic mass is 10.0. The first-order valence-corrected chi connectivity index (χ1v) is 8.81. The Morgan fingerprint density at radius 2 is 1.71 bits per heavy atom. The summed E-state index contributed by atoms with van der Waals surface area (Å²) in [5.74, 6) is 0.855. The molecule has 0 spiro atoms. The maximum atomic E-state index is 12.2. The number of benzene rings is 1. The third-order valence-electron chi connectivity index (χ3n) is 4.64. The molecule has 2 aromatic rings. The van der Waals surface area contributed by atoms with Crippen LogP contribution in [0.25, 0.3) is 11.1 Å². The SMILES string of the molecule is Nc1ccc(-c2ccc(CCCC(=O)N3CCCCC3)cc2)cn1. The smallest absolute Gasteiger partial charge is 0.222 e. The number of piperidine rings is 1. The molecule has 0 atom stereocenters. The number of hydrogen-bond donors (Lipinski definition) is 1.